The molecule has 66 valence electrons. The van der Waals surface area contributed by atoms with Crippen molar-refractivity contribution < 1.29 is 5.11 Å². The van der Waals surface area contributed by atoms with E-state index in [1.54, 1.807) is 12.3 Å². The Hall–Kier alpha value is -0.400. The summed E-state index contributed by atoms with van der Waals surface area (Å²) in [5.74, 6) is 0.111. The largest absolute Gasteiger partial charge is 0.506 e. The number of rotatable bonds is 2. The molecular weight excluding hydrogens is 269 g/mol. The maximum Gasteiger partial charge on any atom is 0.139 e. The van der Waals surface area contributed by atoms with E-state index in [4.69, 9.17) is 11.5 Å². The van der Waals surface area contributed by atoms with Gasteiger partial charge in [-0.2, -0.15) is 0 Å². The highest BCUT2D eigenvalue weighted by Crippen LogP contribution is 2.21. The molecule has 1 aromatic rings. The maximum absolute atomic E-state index is 9.39. The van der Waals surface area contributed by atoms with E-state index >= 15 is 0 Å². The van der Waals surface area contributed by atoms with E-state index < -0.39 is 0 Å². The van der Waals surface area contributed by atoms with E-state index in [0.29, 0.717) is 5.69 Å². The van der Waals surface area contributed by atoms with Gasteiger partial charge in [-0.05, 0) is 28.7 Å². The average molecular weight is 279 g/mol. The molecule has 0 aromatic carbocycles. The zero-order valence-electron chi connectivity index (χ0n) is 6.37. The summed E-state index contributed by atoms with van der Waals surface area (Å²) in [7, 11) is 0. The Morgan fingerprint density at radius 1 is 1.67 bits per heavy atom. The zero-order chi connectivity index (χ0) is 9.14. The molecule has 0 amide bonds. The number of halogens is 1. The van der Waals surface area contributed by atoms with Crippen molar-refractivity contribution in [2.45, 2.75) is 6.04 Å². The fourth-order valence-electron chi connectivity index (χ4n) is 0.836. The van der Waals surface area contributed by atoms with E-state index in [-0.39, 0.29) is 18.3 Å². The first-order valence-electron chi connectivity index (χ1n) is 3.45. The van der Waals surface area contributed by atoms with Gasteiger partial charge < -0.3 is 16.6 Å². The Labute approximate surface area is 84.1 Å². The van der Waals surface area contributed by atoms with Crippen molar-refractivity contribution >= 4 is 22.6 Å². The van der Waals surface area contributed by atoms with Gasteiger partial charge in [-0.25, -0.2) is 0 Å². The number of nitrogens with zero attached hydrogens (tertiary/aromatic N) is 1. The molecule has 1 rings (SSSR count). The highest BCUT2D eigenvalue weighted by atomic mass is 127. The van der Waals surface area contributed by atoms with Crippen LogP contribution in [0.5, 0.6) is 5.75 Å². The summed E-state index contributed by atoms with van der Waals surface area (Å²) in [6.07, 6.45) is 1.64. The minimum Gasteiger partial charge on any atom is -0.506 e. The second-order valence-electron chi connectivity index (χ2n) is 2.40. The van der Waals surface area contributed by atoms with Gasteiger partial charge in [0, 0.05) is 16.3 Å². The van der Waals surface area contributed by atoms with E-state index in [0.717, 1.165) is 3.57 Å². The van der Waals surface area contributed by atoms with Crippen molar-refractivity contribution in [2.75, 3.05) is 6.54 Å². The highest BCUT2D eigenvalue weighted by molar-refractivity contribution is 14.1. The molecule has 1 atom stereocenters. The molecule has 0 aliphatic rings. The first-order valence-corrected chi connectivity index (χ1v) is 4.53. The van der Waals surface area contributed by atoms with Crippen molar-refractivity contribution in [3.8, 4) is 5.75 Å². The Bertz CT molecular complexity index is 279. The van der Waals surface area contributed by atoms with E-state index in [1.807, 2.05) is 0 Å². The number of pyridine rings is 1. The number of hydrogen-bond donors (Lipinski definition) is 3. The van der Waals surface area contributed by atoms with E-state index in [2.05, 4.69) is 27.6 Å². The monoisotopic (exact) mass is 279 g/mol. The van der Waals surface area contributed by atoms with Crippen molar-refractivity contribution in [1.29, 1.82) is 0 Å². The van der Waals surface area contributed by atoms with Crippen LogP contribution in [0.25, 0.3) is 0 Å². The molecule has 1 unspecified atom stereocenters. The molecule has 0 aliphatic heterocycles. The lowest BCUT2D eigenvalue weighted by molar-refractivity contribution is 0.456. The molecule has 12 heavy (non-hydrogen) atoms. The zero-order valence-corrected chi connectivity index (χ0v) is 8.52. The average Bonchev–Trinajstić information content (AvgIpc) is 2.03. The molecule has 0 radical (unpaired) electrons. The third-order valence-electron chi connectivity index (χ3n) is 1.47. The van der Waals surface area contributed by atoms with Crippen molar-refractivity contribution in [1.82, 2.24) is 4.98 Å². The van der Waals surface area contributed by atoms with Crippen molar-refractivity contribution in [3.63, 3.8) is 0 Å². The number of aromatic hydroxyl groups is 1. The molecule has 0 fully saturated rings. The second-order valence-corrected chi connectivity index (χ2v) is 3.65. The lowest BCUT2D eigenvalue weighted by atomic mass is 10.2. The number of hydrogen-bond acceptors (Lipinski definition) is 4. The second kappa shape index (κ2) is 4.01. The molecule has 5 N–H and O–H groups in total. The molecule has 1 aromatic heterocycles. The van der Waals surface area contributed by atoms with Gasteiger partial charge in [-0.1, -0.05) is 0 Å². The van der Waals surface area contributed by atoms with Crippen LogP contribution >= 0.6 is 22.6 Å². The van der Waals surface area contributed by atoms with Crippen LogP contribution in [-0.4, -0.2) is 16.6 Å². The van der Waals surface area contributed by atoms with E-state index in [9.17, 15) is 5.11 Å². The molecule has 0 saturated carbocycles. The van der Waals surface area contributed by atoms with Crippen LogP contribution in [0.3, 0.4) is 0 Å². The molecule has 0 spiro atoms. The Morgan fingerprint density at radius 2 is 2.33 bits per heavy atom. The lowest BCUT2D eigenvalue weighted by Gasteiger charge is -2.09. The highest BCUT2D eigenvalue weighted by Gasteiger charge is 2.10. The fourth-order valence-corrected chi connectivity index (χ4v) is 1.27. The van der Waals surface area contributed by atoms with Crippen molar-refractivity contribution in [2.24, 2.45) is 11.5 Å². The smallest absolute Gasteiger partial charge is 0.139 e. The Balaban J connectivity index is 3.01. The van der Waals surface area contributed by atoms with Gasteiger partial charge in [0.1, 0.15) is 11.4 Å². The van der Waals surface area contributed by atoms with Gasteiger partial charge in [0.05, 0.1) is 6.04 Å². The number of nitrogens with two attached hydrogens (primary N) is 2. The topological polar surface area (TPSA) is 85.2 Å². The standard InChI is InChI=1S/C7H10IN3O/c8-4-1-6(12)7(11-3-4)5(10)2-9/h1,3,5,12H,2,9-10H2. The normalized spacial score (nSPS) is 12.9. The molecule has 0 aliphatic carbocycles. The minimum absolute atomic E-state index is 0.111. The van der Waals surface area contributed by atoms with Crippen LogP contribution in [0.1, 0.15) is 11.7 Å². The SMILES string of the molecule is NCC(N)c1ncc(I)cc1O. The van der Waals surface area contributed by atoms with Crippen LogP contribution < -0.4 is 11.5 Å². The minimum atomic E-state index is -0.387. The first-order chi connectivity index (χ1) is 5.65. The Morgan fingerprint density at radius 3 is 2.83 bits per heavy atom. The molecular formula is C7H10IN3O. The van der Waals surface area contributed by atoms with Gasteiger partial charge in [0.2, 0.25) is 0 Å². The third-order valence-corrected chi connectivity index (χ3v) is 2.06. The van der Waals surface area contributed by atoms with Crippen LogP contribution in [0.2, 0.25) is 0 Å². The summed E-state index contributed by atoms with van der Waals surface area (Å²) in [5.41, 5.74) is 11.4. The summed E-state index contributed by atoms with van der Waals surface area (Å²) >= 11 is 2.06. The van der Waals surface area contributed by atoms with E-state index in [1.165, 1.54) is 0 Å². The van der Waals surface area contributed by atoms with Gasteiger partial charge in [0.15, 0.2) is 0 Å². The maximum atomic E-state index is 9.39. The molecule has 5 heteroatoms. The summed E-state index contributed by atoms with van der Waals surface area (Å²) in [6, 6.07) is 1.22. The predicted octanol–water partition coefficient (Wildman–Crippen LogP) is 0.350. The molecule has 4 nitrogen and oxygen atoms in total. The quantitative estimate of drug-likeness (QED) is 0.682. The van der Waals surface area contributed by atoms with Crippen molar-refractivity contribution in [3.05, 3.63) is 21.5 Å². The summed E-state index contributed by atoms with van der Waals surface area (Å²) in [6.45, 7) is 0.279. The van der Waals surface area contributed by atoms with Crippen LogP contribution in [0.4, 0.5) is 0 Å². The fraction of sp³-hybridized carbons (Fsp3) is 0.286. The molecule has 0 saturated heterocycles. The van der Waals surface area contributed by atoms with Gasteiger partial charge in [-0.15, -0.1) is 0 Å². The Kier molecular flexibility index (Phi) is 3.24. The summed E-state index contributed by atoms with van der Waals surface area (Å²) in [4.78, 5) is 3.99. The van der Waals surface area contributed by atoms with Crippen LogP contribution in [-0.2, 0) is 0 Å². The third kappa shape index (κ3) is 2.05. The lowest BCUT2D eigenvalue weighted by Crippen LogP contribution is -2.21. The predicted molar refractivity (Wildman–Crippen MR) is 54.6 cm³/mol. The first kappa shape index (κ1) is 9.69. The number of aromatic nitrogens is 1. The van der Waals surface area contributed by atoms with Gasteiger partial charge in [-0.3, -0.25) is 4.98 Å². The molecule has 1 heterocycles. The van der Waals surface area contributed by atoms with Crippen LogP contribution in [0.15, 0.2) is 12.3 Å². The summed E-state index contributed by atoms with van der Waals surface area (Å²) in [5, 5.41) is 9.39. The summed E-state index contributed by atoms with van der Waals surface area (Å²) < 4.78 is 0.873. The van der Waals surface area contributed by atoms with Crippen LogP contribution in [0, 0.1) is 3.57 Å². The van der Waals surface area contributed by atoms with Gasteiger partial charge in [0.25, 0.3) is 0 Å². The molecule has 0 bridgehead atoms. The van der Waals surface area contributed by atoms with Gasteiger partial charge >= 0.3 is 0 Å².